The van der Waals surface area contributed by atoms with Crippen molar-refractivity contribution in [1.82, 2.24) is 9.80 Å². The first-order valence-electron chi connectivity index (χ1n) is 7.49. The lowest BCUT2D eigenvalue weighted by molar-refractivity contribution is -0.132. The number of rotatable bonds is 5. The third-order valence-electron chi connectivity index (χ3n) is 4.84. The Morgan fingerprint density at radius 3 is 2.90 bits per heavy atom. The number of carbonyl (C=O) groups excluding carboxylic acids is 1. The molecule has 5 nitrogen and oxygen atoms in total. The molecule has 1 amide bonds. The highest BCUT2D eigenvalue weighted by Gasteiger charge is 2.44. The Kier molecular flexibility index (Phi) is 3.51. The number of hydrogen-bond acceptors (Lipinski definition) is 4. The number of likely N-dealkylation sites (N-methyl/N-ethyl adjacent to an activating group) is 1. The molecule has 0 N–H and O–H groups in total. The van der Waals surface area contributed by atoms with Crippen molar-refractivity contribution >= 4 is 5.91 Å². The van der Waals surface area contributed by atoms with Crippen molar-refractivity contribution < 1.29 is 4.79 Å². The Morgan fingerprint density at radius 2 is 2.20 bits per heavy atom. The van der Waals surface area contributed by atoms with Gasteiger partial charge in [-0.1, -0.05) is 0 Å². The van der Waals surface area contributed by atoms with Crippen molar-refractivity contribution in [1.29, 1.82) is 0 Å². The molecule has 3 aliphatic heterocycles. The maximum Gasteiger partial charge on any atom is 0.223 e. The van der Waals surface area contributed by atoms with Gasteiger partial charge in [-0.3, -0.25) is 4.79 Å². The maximum absolute atomic E-state index is 12.4. The van der Waals surface area contributed by atoms with E-state index in [2.05, 4.69) is 33.0 Å². The van der Waals surface area contributed by atoms with Gasteiger partial charge in [0.1, 0.15) is 0 Å². The minimum absolute atomic E-state index is 0.269. The third kappa shape index (κ3) is 2.57. The summed E-state index contributed by atoms with van der Waals surface area (Å²) in [7, 11) is 2.14. The molecule has 0 spiro atoms. The van der Waals surface area contributed by atoms with Gasteiger partial charge in [0.2, 0.25) is 5.91 Å². The molecule has 108 valence electrons. The van der Waals surface area contributed by atoms with E-state index >= 15 is 0 Å². The van der Waals surface area contributed by atoms with E-state index in [0.29, 0.717) is 24.8 Å². The maximum atomic E-state index is 12.4. The summed E-state index contributed by atoms with van der Waals surface area (Å²) in [6.45, 7) is 3.08. The van der Waals surface area contributed by atoms with E-state index < -0.39 is 0 Å². The van der Waals surface area contributed by atoms with Gasteiger partial charge in [-0.15, -0.1) is 12.3 Å². The van der Waals surface area contributed by atoms with Gasteiger partial charge in [-0.25, -0.2) is 0 Å². The summed E-state index contributed by atoms with van der Waals surface area (Å²) in [5.74, 6) is 3.57. The molecule has 3 heterocycles. The molecule has 2 atom stereocenters. The molecule has 0 aromatic rings. The molecular formula is C15H22N4O. The van der Waals surface area contributed by atoms with Crippen molar-refractivity contribution in [2.45, 2.75) is 43.8 Å². The second-order valence-corrected chi connectivity index (χ2v) is 6.31. The number of amides is 1. The van der Waals surface area contributed by atoms with Crippen molar-refractivity contribution in [3.63, 3.8) is 0 Å². The Bertz CT molecular complexity index is 461. The van der Waals surface area contributed by atoms with Gasteiger partial charge < -0.3 is 9.80 Å². The Balaban J connectivity index is 1.49. The van der Waals surface area contributed by atoms with Gasteiger partial charge in [0.25, 0.3) is 0 Å². The first kappa shape index (κ1) is 13.6. The quantitative estimate of drug-likeness (QED) is 0.713. The molecule has 0 aromatic heterocycles. The zero-order valence-electron chi connectivity index (χ0n) is 12.1. The van der Waals surface area contributed by atoms with Crippen LogP contribution in [0.25, 0.3) is 0 Å². The average molecular weight is 274 g/mol. The van der Waals surface area contributed by atoms with E-state index in [1.165, 1.54) is 0 Å². The van der Waals surface area contributed by atoms with Crippen molar-refractivity contribution in [3.8, 4) is 12.3 Å². The lowest BCUT2D eigenvalue weighted by Gasteiger charge is -2.24. The highest BCUT2D eigenvalue weighted by atomic mass is 16.2. The predicted octanol–water partition coefficient (Wildman–Crippen LogP) is 1.50. The Hall–Kier alpha value is -1.41. The van der Waals surface area contributed by atoms with Crippen molar-refractivity contribution in [2.24, 2.45) is 16.1 Å². The zero-order valence-corrected chi connectivity index (χ0v) is 12.1. The molecule has 0 aliphatic carbocycles. The van der Waals surface area contributed by atoms with Gasteiger partial charge in [-0.05, 0) is 19.4 Å². The van der Waals surface area contributed by atoms with Crippen LogP contribution in [0.3, 0.4) is 0 Å². The van der Waals surface area contributed by atoms with Gasteiger partial charge in [0, 0.05) is 51.4 Å². The summed E-state index contributed by atoms with van der Waals surface area (Å²) in [6.07, 6.45) is 9.16. The summed E-state index contributed by atoms with van der Waals surface area (Å²) in [5.41, 5.74) is -0.326. The molecule has 2 fully saturated rings. The largest absolute Gasteiger partial charge is 0.338 e. The van der Waals surface area contributed by atoms with Crippen LogP contribution in [0.15, 0.2) is 10.2 Å². The number of carbonyl (C=O) groups is 1. The molecule has 0 bridgehead atoms. The van der Waals surface area contributed by atoms with Crippen molar-refractivity contribution in [3.05, 3.63) is 0 Å². The standard InChI is InChI=1S/C15H22N4O/c1-3-4-7-15(16-17-15)8-5-14(20)19-9-6-12-10-18(2)11-13(12)19/h1,12-13H,4-11H2,2H3. The SMILES string of the molecule is C#CCCC1(CCC(=O)N2CCC3CN(C)CC32)N=N1. The number of hydrogen-bond donors (Lipinski definition) is 0. The molecule has 3 rings (SSSR count). The van der Waals surface area contributed by atoms with Crippen LogP contribution in [-0.2, 0) is 4.79 Å². The molecule has 2 unspecified atom stereocenters. The topological polar surface area (TPSA) is 48.3 Å². The molecule has 5 heteroatoms. The monoisotopic (exact) mass is 274 g/mol. The van der Waals surface area contributed by atoms with Crippen LogP contribution in [0.1, 0.15) is 32.1 Å². The number of likely N-dealkylation sites (tertiary alicyclic amines) is 2. The van der Waals surface area contributed by atoms with E-state index in [4.69, 9.17) is 6.42 Å². The molecule has 0 radical (unpaired) electrons. The first-order valence-corrected chi connectivity index (χ1v) is 7.49. The van der Waals surface area contributed by atoms with Crippen LogP contribution < -0.4 is 0 Å². The average Bonchev–Trinajstić information content (AvgIpc) is 2.96. The molecule has 0 aromatic carbocycles. The van der Waals surface area contributed by atoms with Gasteiger partial charge in [0.05, 0.1) is 0 Å². The van der Waals surface area contributed by atoms with Crippen LogP contribution in [0.2, 0.25) is 0 Å². The molecule has 0 saturated carbocycles. The van der Waals surface area contributed by atoms with Crippen LogP contribution in [0, 0.1) is 18.3 Å². The second-order valence-electron chi connectivity index (χ2n) is 6.31. The number of terminal acetylenes is 1. The Morgan fingerprint density at radius 1 is 1.40 bits per heavy atom. The fourth-order valence-corrected chi connectivity index (χ4v) is 3.60. The summed E-state index contributed by atoms with van der Waals surface area (Å²) < 4.78 is 0. The molecule has 2 saturated heterocycles. The molecular weight excluding hydrogens is 252 g/mol. The number of fused-ring (bicyclic) bond motifs is 1. The summed E-state index contributed by atoms with van der Waals surface area (Å²) in [6, 6.07) is 0.433. The summed E-state index contributed by atoms with van der Waals surface area (Å²) in [4.78, 5) is 16.8. The number of nitrogens with zero attached hydrogens (tertiary/aromatic N) is 4. The fraction of sp³-hybridized carbons (Fsp3) is 0.800. The van der Waals surface area contributed by atoms with E-state index in [-0.39, 0.29) is 11.6 Å². The van der Waals surface area contributed by atoms with E-state index in [1.54, 1.807) is 0 Å². The van der Waals surface area contributed by atoms with Crippen LogP contribution in [0.4, 0.5) is 0 Å². The summed E-state index contributed by atoms with van der Waals surface area (Å²) >= 11 is 0. The molecule has 20 heavy (non-hydrogen) atoms. The van der Waals surface area contributed by atoms with Gasteiger partial charge >= 0.3 is 0 Å². The Labute approximate surface area is 120 Å². The van der Waals surface area contributed by atoms with Crippen molar-refractivity contribution in [2.75, 3.05) is 26.7 Å². The highest BCUT2D eigenvalue weighted by molar-refractivity contribution is 5.77. The fourth-order valence-electron chi connectivity index (χ4n) is 3.60. The zero-order chi connectivity index (χ0) is 14.2. The van der Waals surface area contributed by atoms with E-state index in [0.717, 1.165) is 38.9 Å². The van der Waals surface area contributed by atoms with Crippen LogP contribution in [0.5, 0.6) is 0 Å². The van der Waals surface area contributed by atoms with E-state index in [9.17, 15) is 4.79 Å². The predicted molar refractivity (Wildman–Crippen MR) is 76.0 cm³/mol. The normalized spacial score (nSPS) is 30.3. The highest BCUT2D eigenvalue weighted by Crippen LogP contribution is 2.38. The van der Waals surface area contributed by atoms with Crippen LogP contribution in [-0.4, -0.2) is 54.1 Å². The first-order chi connectivity index (χ1) is 9.63. The third-order valence-corrected chi connectivity index (χ3v) is 4.84. The summed E-state index contributed by atoms with van der Waals surface area (Å²) in [5, 5.41) is 8.20. The van der Waals surface area contributed by atoms with Crippen LogP contribution >= 0.6 is 0 Å². The lowest BCUT2D eigenvalue weighted by atomic mass is 10.0. The molecule has 3 aliphatic rings. The second kappa shape index (κ2) is 5.17. The van der Waals surface area contributed by atoms with E-state index in [1.807, 2.05) is 0 Å². The lowest BCUT2D eigenvalue weighted by Crippen LogP contribution is -2.39. The minimum atomic E-state index is -0.326. The van der Waals surface area contributed by atoms with Gasteiger partial charge in [-0.2, -0.15) is 10.2 Å². The minimum Gasteiger partial charge on any atom is -0.338 e. The van der Waals surface area contributed by atoms with Gasteiger partial charge in [0.15, 0.2) is 5.66 Å². The smallest absolute Gasteiger partial charge is 0.223 e.